The first-order chi connectivity index (χ1) is 9.65. The number of carbonyl (C=O) groups is 1. The van der Waals surface area contributed by atoms with Gasteiger partial charge >= 0.3 is 5.97 Å². The fourth-order valence-electron chi connectivity index (χ4n) is 2.59. The number of hydrogen-bond donors (Lipinski definition) is 0. The highest BCUT2D eigenvalue weighted by Crippen LogP contribution is 2.22. The van der Waals surface area contributed by atoms with E-state index in [9.17, 15) is 9.18 Å². The molecule has 0 spiro atoms. The zero-order valence-corrected chi connectivity index (χ0v) is 11.4. The molecular formula is C15H17FN2O2. The largest absolute Gasteiger partial charge is 0.468 e. The Morgan fingerprint density at radius 1 is 1.55 bits per heavy atom. The Balaban J connectivity index is 2.19. The standard InChI is InChI=1S/C15H17FN2O2/c1-20-15(19)14-4-2-3-7-18(14)10-11-5-6-13(16)8-12(11)9-17/h5-6,8,14H,2-4,7,10H2,1H3/t14-/m1/s1. The molecule has 1 aromatic carbocycles. The molecule has 5 heteroatoms. The molecule has 1 heterocycles. The molecule has 1 aromatic rings. The van der Waals surface area contributed by atoms with E-state index in [0.29, 0.717) is 12.1 Å². The molecule has 0 N–H and O–H groups in total. The summed E-state index contributed by atoms with van der Waals surface area (Å²) in [6.07, 6.45) is 2.76. The van der Waals surface area contributed by atoms with Gasteiger partial charge in [-0.15, -0.1) is 0 Å². The van der Waals surface area contributed by atoms with Crippen LogP contribution in [-0.2, 0) is 16.1 Å². The number of methoxy groups -OCH3 is 1. The highest BCUT2D eigenvalue weighted by Gasteiger charge is 2.29. The van der Waals surface area contributed by atoms with Crippen LogP contribution in [0.15, 0.2) is 18.2 Å². The molecule has 0 aliphatic carbocycles. The molecule has 0 aromatic heterocycles. The van der Waals surface area contributed by atoms with Gasteiger partial charge in [0.2, 0.25) is 0 Å². The Bertz CT molecular complexity index is 539. The van der Waals surface area contributed by atoms with Crippen LogP contribution in [0.1, 0.15) is 30.4 Å². The van der Waals surface area contributed by atoms with Gasteiger partial charge in [0.1, 0.15) is 11.9 Å². The molecule has 106 valence electrons. The van der Waals surface area contributed by atoms with Gasteiger partial charge in [-0.25, -0.2) is 4.39 Å². The number of hydrogen-bond acceptors (Lipinski definition) is 4. The van der Waals surface area contributed by atoms with Gasteiger partial charge in [-0.1, -0.05) is 12.5 Å². The molecule has 1 aliphatic rings. The predicted molar refractivity (Wildman–Crippen MR) is 71.2 cm³/mol. The maximum absolute atomic E-state index is 13.1. The van der Waals surface area contributed by atoms with Crippen molar-refractivity contribution < 1.29 is 13.9 Å². The van der Waals surface area contributed by atoms with Gasteiger partial charge < -0.3 is 4.74 Å². The average molecular weight is 276 g/mol. The summed E-state index contributed by atoms with van der Waals surface area (Å²) in [5.41, 5.74) is 1.06. The van der Waals surface area contributed by atoms with Crippen molar-refractivity contribution >= 4 is 5.97 Å². The molecule has 0 amide bonds. The third kappa shape index (κ3) is 3.14. The van der Waals surface area contributed by atoms with Crippen molar-refractivity contribution in [3.8, 4) is 6.07 Å². The summed E-state index contributed by atoms with van der Waals surface area (Å²) in [5.74, 6) is -0.668. The summed E-state index contributed by atoms with van der Waals surface area (Å²) in [6, 6.07) is 5.91. The minimum absolute atomic E-state index is 0.245. The predicted octanol–water partition coefficient (Wildman–Crippen LogP) is 2.22. The number of halogens is 1. The second-order valence-corrected chi connectivity index (χ2v) is 4.92. The van der Waals surface area contributed by atoms with E-state index in [0.717, 1.165) is 31.4 Å². The van der Waals surface area contributed by atoms with Crippen LogP contribution in [0.3, 0.4) is 0 Å². The quantitative estimate of drug-likeness (QED) is 0.794. The topological polar surface area (TPSA) is 53.3 Å². The van der Waals surface area contributed by atoms with Gasteiger partial charge in [-0.3, -0.25) is 9.69 Å². The fraction of sp³-hybridized carbons (Fsp3) is 0.467. The lowest BCUT2D eigenvalue weighted by molar-refractivity contribution is -0.148. The molecule has 20 heavy (non-hydrogen) atoms. The summed E-state index contributed by atoms with van der Waals surface area (Å²) in [4.78, 5) is 13.8. The van der Waals surface area contributed by atoms with Gasteiger partial charge in [0.15, 0.2) is 0 Å². The van der Waals surface area contributed by atoms with E-state index in [1.54, 1.807) is 6.07 Å². The van der Waals surface area contributed by atoms with Crippen LogP contribution < -0.4 is 0 Å². The second kappa shape index (κ2) is 6.49. The van der Waals surface area contributed by atoms with Crippen molar-refractivity contribution in [3.63, 3.8) is 0 Å². The Morgan fingerprint density at radius 2 is 2.35 bits per heavy atom. The van der Waals surface area contributed by atoms with Gasteiger partial charge in [-0.05, 0) is 37.1 Å². The number of benzene rings is 1. The van der Waals surface area contributed by atoms with Crippen LogP contribution in [0.2, 0.25) is 0 Å². The van der Waals surface area contributed by atoms with E-state index in [1.807, 2.05) is 11.0 Å². The molecule has 0 saturated carbocycles. The van der Waals surface area contributed by atoms with E-state index in [-0.39, 0.29) is 12.0 Å². The Kier molecular flexibility index (Phi) is 4.70. The monoisotopic (exact) mass is 276 g/mol. The second-order valence-electron chi connectivity index (χ2n) is 4.92. The van der Waals surface area contributed by atoms with Crippen molar-refractivity contribution in [2.45, 2.75) is 31.8 Å². The summed E-state index contributed by atoms with van der Waals surface area (Å²) >= 11 is 0. The minimum atomic E-state index is -0.423. The molecular weight excluding hydrogens is 259 g/mol. The van der Waals surface area contributed by atoms with Gasteiger partial charge in [-0.2, -0.15) is 5.26 Å². The van der Waals surface area contributed by atoms with Crippen LogP contribution in [0.5, 0.6) is 0 Å². The first-order valence-corrected chi connectivity index (χ1v) is 6.66. The third-order valence-electron chi connectivity index (χ3n) is 3.65. The molecule has 1 saturated heterocycles. The highest BCUT2D eigenvalue weighted by molar-refractivity contribution is 5.75. The van der Waals surface area contributed by atoms with Crippen LogP contribution in [0, 0.1) is 17.1 Å². The normalized spacial score (nSPS) is 19.4. The maximum Gasteiger partial charge on any atom is 0.323 e. The summed E-state index contributed by atoms with van der Waals surface area (Å²) in [7, 11) is 1.38. The lowest BCUT2D eigenvalue weighted by Gasteiger charge is -2.33. The van der Waals surface area contributed by atoms with E-state index in [4.69, 9.17) is 10.00 Å². The van der Waals surface area contributed by atoms with Crippen molar-refractivity contribution in [1.29, 1.82) is 5.26 Å². The molecule has 1 atom stereocenters. The van der Waals surface area contributed by atoms with Crippen LogP contribution in [-0.4, -0.2) is 30.6 Å². The molecule has 1 aliphatic heterocycles. The zero-order chi connectivity index (χ0) is 14.5. The third-order valence-corrected chi connectivity index (χ3v) is 3.65. The number of piperidine rings is 1. The van der Waals surface area contributed by atoms with Gasteiger partial charge in [0, 0.05) is 6.54 Å². The van der Waals surface area contributed by atoms with Crippen molar-refractivity contribution in [2.75, 3.05) is 13.7 Å². The molecule has 2 rings (SSSR count). The number of nitrogens with zero attached hydrogens (tertiary/aromatic N) is 2. The van der Waals surface area contributed by atoms with E-state index in [2.05, 4.69) is 0 Å². The number of ether oxygens (including phenoxy) is 1. The average Bonchev–Trinajstić information content (AvgIpc) is 2.48. The van der Waals surface area contributed by atoms with Crippen molar-refractivity contribution in [2.24, 2.45) is 0 Å². The van der Waals surface area contributed by atoms with E-state index in [1.165, 1.54) is 19.2 Å². The van der Waals surface area contributed by atoms with E-state index >= 15 is 0 Å². The number of rotatable bonds is 3. The lowest BCUT2D eigenvalue weighted by Crippen LogP contribution is -2.44. The summed E-state index contributed by atoms with van der Waals surface area (Å²) in [6.45, 7) is 1.24. The number of carbonyl (C=O) groups excluding carboxylic acids is 1. The number of likely N-dealkylation sites (tertiary alicyclic amines) is 1. The van der Waals surface area contributed by atoms with Crippen LogP contribution in [0.25, 0.3) is 0 Å². The number of esters is 1. The van der Waals surface area contributed by atoms with Gasteiger partial charge in [0.05, 0.1) is 18.7 Å². The zero-order valence-electron chi connectivity index (χ0n) is 11.4. The van der Waals surface area contributed by atoms with Crippen molar-refractivity contribution in [1.82, 2.24) is 4.90 Å². The van der Waals surface area contributed by atoms with Crippen LogP contribution >= 0.6 is 0 Å². The van der Waals surface area contributed by atoms with Crippen molar-refractivity contribution in [3.05, 3.63) is 35.1 Å². The summed E-state index contributed by atoms with van der Waals surface area (Å²) in [5, 5.41) is 9.07. The first-order valence-electron chi connectivity index (χ1n) is 6.66. The first kappa shape index (κ1) is 14.5. The number of nitriles is 1. The lowest BCUT2D eigenvalue weighted by atomic mass is 10.00. The molecule has 0 radical (unpaired) electrons. The Labute approximate surface area is 117 Å². The maximum atomic E-state index is 13.1. The molecule has 1 fully saturated rings. The molecule has 4 nitrogen and oxygen atoms in total. The Hall–Kier alpha value is -1.93. The molecule has 0 bridgehead atoms. The van der Waals surface area contributed by atoms with E-state index < -0.39 is 5.82 Å². The highest BCUT2D eigenvalue weighted by atomic mass is 19.1. The SMILES string of the molecule is COC(=O)[C@H]1CCCCN1Cc1ccc(F)cc1C#N. The van der Waals surface area contributed by atoms with Crippen LogP contribution in [0.4, 0.5) is 4.39 Å². The van der Waals surface area contributed by atoms with Gasteiger partial charge in [0.25, 0.3) is 0 Å². The Morgan fingerprint density at radius 3 is 3.05 bits per heavy atom. The molecule has 0 unspecified atom stereocenters. The summed E-state index contributed by atoms with van der Waals surface area (Å²) < 4.78 is 18.0. The smallest absolute Gasteiger partial charge is 0.323 e. The fourth-order valence-corrected chi connectivity index (χ4v) is 2.59. The minimum Gasteiger partial charge on any atom is -0.468 e.